The molecule has 0 radical (unpaired) electrons. The molecule has 0 N–H and O–H groups in total. The van der Waals surface area contributed by atoms with Crippen molar-refractivity contribution in [2.75, 3.05) is 0 Å². The molecule has 0 saturated heterocycles. The van der Waals surface area contributed by atoms with Crippen LogP contribution in [0.15, 0.2) is 54.7 Å². The van der Waals surface area contributed by atoms with Crippen LogP contribution in [0.25, 0.3) is 10.9 Å². The van der Waals surface area contributed by atoms with Gasteiger partial charge in [-0.15, -0.1) is 0 Å². The summed E-state index contributed by atoms with van der Waals surface area (Å²) in [5.41, 5.74) is 4.86. The molecule has 2 aromatic carbocycles. The Morgan fingerprint density at radius 3 is 2.58 bits per heavy atom. The van der Waals surface area contributed by atoms with Crippen molar-refractivity contribution in [2.45, 2.75) is 13.3 Å². The van der Waals surface area contributed by atoms with Crippen LogP contribution >= 0.6 is 11.6 Å². The minimum Gasteiger partial charge on any atom is -0.256 e. The van der Waals surface area contributed by atoms with E-state index in [2.05, 4.69) is 48.3 Å². The lowest BCUT2D eigenvalue weighted by atomic mass is 10.0. The Balaban J connectivity index is 2.06. The molecule has 0 bridgehead atoms. The van der Waals surface area contributed by atoms with E-state index in [0.29, 0.717) is 0 Å². The number of fused-ring (bicyclic) bond motifs is 1. The van der Waals surface area contributed by atoms with E-state index in [1.807, 2.05) is 18.3 Å². The van der Waals surface area contributed by atoms with Crippen LogP contribution < -0.4 is 0 Å². The monoisotopic (exact) mass is 267 g/mol. The highest BCUT2D eigenvalue weighted by atomic mass is 35.5. The molecule has 94 valence electrons. The Morgan fingerprint density at radius 2 is 1.79 bits per heavy atom. The highest BCUT2D eigenvalue weighted by Crippen LogP contribution is 2.22. The third kappa shape index (κ3) is 2.47. The summed E-state index contributed by atoms with van der Waals surface area (Å²) in [6, 6.07) is 16.4. The number of hydrogen-bond acceptors (Lipinski definition) is 1. The van der Waals surface area contributed by atoms with Gasteiger partial charge in [0.2, 0.25) is 0 Å². The summed E-state index contributed by atoms with van der Waals surface area (Å²) < 4.78 is 0. The molecule has 0 fully saturated rings. The summed E-state index contributed by atoms with van der Waals surface area (Å²) in [5.74, 6) is 0. The van der Waals surface area contributed by atoms with Gasteiger partial charge in [0, 0.05) is 16.6 Å². The smallest absolute Gasteiger partial charge is 0.0739 e. The summed E-state index contributed by atoms with van der Waals surface area (Å²) in [6.45, 7) is 2.12. The molecule has 1 nitrogen and oxygen atoms in total. The molecular weight excluding hydrogens is 254 g/mol. The van der Waals surface area contributed by atoms with Gasteiger partial charge >= 0.3 is 0 Å². The van der Waals surface area contributed by atoms with Gasteiger partial charge in [0.1, 0.15) is 0 Å². The van der Waals surface area contributed by atoms with Crippen LogP contribution in [-0.2, 0) is 6.42 Å². The van der Waals surface area contributed by atoms with E-state index in [4.69, 9.17) is 11.6 Å². The number of halogens is 1. The van der Waals surface area contributed by atoms with E-state index in [1.54, 1.807) is 0 Å². The van der Waals surface area contributed by atoms with Crippen molar-refractivity contribution in [3.05, 3.63) is 76.4 Å². The fourth-order valence-corrected chi connectivity index (χ4v) is 2.47. The molecule has 3 aromatic rings. The van der Waals surface area contributed by atoms with Gasteiger partial charge in [0.05, 0.1) is 5.52 Å². The van der Waals surface area contributed by atoms with Gasteiger partial charge in [-0.3, -0.25) is 4.98 Å². The van der Waals surface area contributed by atoms with E-state index >= 15 is 0 Å². The molecule has 2 heteroatoms. The zero-order valence-corrected chi connectivity index (χ0v) is 11.5. The topological polar surface area (TPSA) is 12.9 Å². The second-order valence-corrected chi connectivity index (χ2v) is 5.18. The fraction of sp³-hybridized carbons (Fsp3) is 0.118. The first-order valence-electron chi connectivity index (χ1n) is 6.32. The first kappa shape index (κ1) is 12.2. The SMILES string of the molecule is Cc1ccnc2c(Cc3ccc(Cl)cc3)cccc12. The molecule has 0 unspecified atom stereocenters. The lowest BCUT2D eigenvalue weighted by molar-refractivity contribution is 1.19. The van der Waals surface area contributed by atoms with Gasteiger partial charge in [0.25, 0.3) is 0 Å². The van der Waals surface area contributed by atoms with Crippen molar-refractivity contribution in [2.24, 2.45) is 0 Å². The van der Waals surface area contributed by atoms with E-state index in [9.17, 15) is 0 Å². The Morgan fingerprint density at radius 1 is 1.00 bits per heavy atom. The van der Waals surface area contributed by atoms with E-state index in [1.165, 1.54) is 22.1 Å². The summed E-state index contributed by atoms with van der Waals surface area (Å²) in [4.78, 5) is 4.53. The molecule has 0 aliphatic rings. The molecule has 0 atom stereocenters. The quantitative estimate of drug-likeness (QED) is 0.651. The lowest BCUT2D eigenvalue weighted by Crippen LogP contribution is -1.92. The number of benzene rings is 2. The molecule has 0 spiro atoms. The number of aromatic nitrogens is 1. The minimum atomic E-state index is 0.774. The molecule has 3 rings (SSSR count). The Kier molecular flexibility index (Phi) is 3.22. The number of aryl methyl sites for hydroxylation is 1. The van der Waals surface area contributed by atoms with Gasteiger partial charge in [-0.05, 0) is 48.2 Å². The second kappa shape index (κ2) is 5.02. The van der Waals surface area contributed by atoms with E-state index < -0.39 is 0 Å². The van der Waals surface area contributed by atoms with Gasteiger partial charge in [-0.25, -0.2) is 0 Å². The Labute approximate surface area is 117 Å². The fourth-order valence-electron chi connectivity index (χ4n) is 2.34. The normalized spacial score (nSPS) is 10.8. The van der Waals surface area contributed by atoms with Crippen LogP contribution in [-0.4, -0.2) is 4.98 Å². The first-order valence-corrected chi connectivity index (χ1v) is 6.69. The van der Waals surface area contributed by atoms with Gasteiger partial charge < -0.3 is 0 Å². The highest BCUT2D eigenvalue weighted by molar-refractivity contribution is 6.30. The molecule has 0 aliphatic heterocycles. The van der Waals surface area contributed by atoms with Crippen molar-refractivity contribution >= 4 is 22.5 Å². The summed E-state index contributed by atoms with van der Waals surface area (Å²) in [7, 11) is 0. The molecule has 1 heterocycles. The summed E-state index contributed by atoms with van der Waals surface area (Å²) in [5, 5.41) is 2.00. The maximum atomic E-state index is 5.92. The first-order chi connectivity index (χ1) is 9.24. The predicted molar refractivity (Wildman–Crippen MR) is 80.7 cm³/mol. The van der Waals surface area contributed by atoms with Crippen LogP contribution in [0.3, 0.4) is 0 Å². The summed E-state index contributed by atoms with van der Waals surface area (Å²) >= 11 is 5.92. The number of hydrogen-bond donors (Lipinski definition) is 0. The van der Waals surface area contributed by atoms with Crippen LogP contribution in [0.2, 0.25) is 5.02 Å². The van der Waals surface area contributed by atoms with E-state index in [0.717, 1.165) is 17.0 Å². The highest BCUT2D eigenvalue weighted by Gasteiger charge is 2.05. The number of rotatable bonds is 2. The standard InChI is InChI=1S/C17H14ClN/c1-12-9-10-19-17-14(3-2-4-16(12)17)11-13-5-7-15(18)8-6-13/h2-10H,11H2,1H3. The number of nitrogens with zero attached hydrogens (tertiary/aromatic N) is 1. The van der Waals surface area contributed by atoms with Gasteiger partial charge in [0.15, 0.2) is 0 Å². The van der Waals surface area contributed by atoms with Crippen molar-refractivity contribution in [1.29, 1.82) is 0 Å². The van der Waals surface area contributed by atoms with Crippen molar-refractivity contribution in [1.82, 2.24) is 4.98 Å². The molecule has 0 amide bonds. The third-order valence-corrected chi connectivity index (χ3v) is 3.63. The molecule has 0 aliphatic carbocycles. The molecule has 0 saturated carbocycles. The van der Waals surface area contributed by atoms with Crippen LogP contribution in [0.4, 0.5) is 0 Å². The van der Waals surface area contributed by atoms with Crippen LogP contribution in [0.1, 0.15) is 16.7 Å². The Bertz CT molecular complexity index is 717. The average molecular weight is 268 g/mol. The van der Waals surface area contributed by atoms with Crippen LogP contribution in [0, 0.1) is 6.92 Å². The molecule has 19 heavy (non-hydrogen) atoms. The Hall–Kier alpha value is -1.86. The predicted octanol–water partition coefficient (Wildman–Crippen LogP) is 4.79. The van der Waals surface area contributed by atoms with Crippen molar-refractivity contribution < 1.29 is 0 Å². The zero-order valence-electron chi connectivity index (χ0n) is 10.7. The minimum absolute atomic E-state index is 0.774. The maximum Gasteiger partial charge on any atom is 0.0739 e. The van der Waals surface area contributed by atoms with E-state index in [-0.39, 0.29) is 0 Å². The molecular formula is C17H14ClN. The second-order valence-electron chi connectivity index (χ2n) is 4.74. The number of pyridine rings is 1. The van der Waals surface area contributed by atoms with Gasteiger partial charge in [-0.2, -0.15) is 0 Å². The van der Waals surface area contributed by atoms with Crippen molar-refractivity contribution in [3.63, 3.8) is 0 Å². The number of para-hydroxylation sites is 1. The largest absolute Gasteiger partial charge is 0.256 e. The van der Waals surface area contributed by atoms with Crippen molar-refractivity contribution in [3.8, 4) is 0 Å². The van der Waals surface area contributed by atoms with Gasteiger partial charge in [-0.1, -0.05) is 41.9 Å². The summed E-state index contributed by atoms with van der Waals surface area (Å²) in [6.07, 6.45) is 2.76. The third-order valence-electron chi connectivity index (χ3n) is 3.38. The molecule has 1 aromatic heterocycles. The maximum absolute atomic E-state index is 5.92. The van der Waals surface area contributed by atoms with Crippen LogP contribution in [0.5, 0.6) is 0 Å². The average Bonchev–Trinajstić information content (AvgIpc) is 2.43. The lowest BCUT2D eigenvalue weighted by Gasteiger charge is -2.07. The zero-order chi connectivity index (χ0) is 13.2.